The third-order valence-electron chi connectivity index (χ3n) is 2.02. The molecule has 0 saturated carbocycles. The number of nitrogens with one attached hydrogen (secondary N) is 1. The van der Waals surface area contributed by atoms with Crippen LogP contribution in [0.1, 0.15) is 18.4 Å². The Morgan fingerprint density at radius 2 is 1.92 bits per heavy atom. The molecule has 1 rings (SSSR count). The van der Waals surface area contributed by atoms with Gasteiger partial charge in [0.15, 0.2) is 0 Å². The molecule has 1 unspecified atom stereocenters. The third-order valence-corrected chi connectivity index (χ3v) is 2.02. The molecule has 0 fully saturated rings. The average molecular weight is 164 g/mol. The first-order valence-corrected chi connectivity index (χ1v) is 4.24. The van der Waals surface area contributed by atoms with Crippen LogP contribution in [0.2, 0.25) is 0 Å². The topological polar surface area (TPSA) is 38.0 Å². The molecule has 66 valence electrons. The molecule has 0 aromatic heterocycles. The van der Waals surface area contributed by atoms with E-state index in [9.17, 15) is 0 Å². The molecule has 1 aromatic rings. The molecular formula is C10H16N2. The molecule has 12 heavy (non-hydrogen) atoms. The average Bonchev–Trinajstić information content (AvgIpc) is 2.06. The minimum Gasteiger partial charge on any atom is -0.399 e. The highest BCUT2D eigenvalue weighted by atomic mass is 14.8. The molecule has 1 atom stereocenters. The van der Waals surface area contributed by atoms with Crippen molar-refractivity contribution >= 4 is 5.69 Å². The zero-order valence-corrected chi connectivity index (χ0v) is 7.67. The van der Waals surface area contributed by atoms with Crippen LogP contribution in [-0.4, -0.2) is 13.6 Å². The first-order chi connectivity index (χ1) is 5.74. The number of hydrogen-bond donors (Lipinski definition) is 2. The van der Waals surface area contributed by atoms with Crippen LogP contribution in [0, 0.1) is 0 Å². The maximum absolute atomic E-state index is 5.59. The van der Waals surface area contributed by atoms with Crippen molar-refractivity contribution in [2.75, 3.05) is 19.3 Å². The number of rotatable bonds is 3. The summed E-state index contributed by atoms with van der Waals surface area (Å²) in [5.41, 5.74) is 7.75. The summed E-state index contributed by atoms with van der Waals surface area (Å²) >= 11 is 0. The number of nitrogens with two attached hydrogens (primary N) is 1. The number of benzene rings is 1. The molecule has 0 aliphatic carbocycles. The van der Waals surface area contributed by atoms with E-state index < -0.39 is 0 Å². The van der Waals surface area contributed by atoms with E-state index in [-0.39, 0.29) is 0 Å². The highest BCUT2D eigenvalue weighted by Crippen LogP contribution is 2.15. The lowest BCUT2D eigenvalue weighted by atomic mass is 10.0. The summed E-state index contributed by atoms with van der Waals surface area (Å²) in [6.07, 6.45) is 0. The van der Waals surface area contributed by atoms with E-state index in [1.165, 1.54) is 5.56 Å². The van der Waals surface area contributed by atoms with Crippen molar-refractivity contribution in [1.82, 2.24) is 5.32 Å². The molecule has 1 aromatic carbocycles. The number of likely N-dealkylation sites (N-methyl/N-ethyl adjacent to an activating group) is 1. The van der Waals surface area contributed by atoms with Crippen LogP contribution in [-0.2, 0) is 0 Å². The van der Waals surface area contributed by atoms with Crippen LogP contribution in [0.3, 0.4) is 0 Å². The van der Waals surface area contributed by atoms with E-state index in [2.05, 4.69) is 24.4 Å². The zero-order valence-electron chi connectivity index (χ0n) is 7.67. The van der Waals surface area contributed by atoms with Gasteiger partial charge in [0.1, 0.15) is 0 Å². The Hall–Kier alpha value is -1.02. The number of anilines is 1. The van der Waals surface area contributed by atoms with Gasteiger partial charge in [-0.25, -0.2) is 0 Å². The van der Waals surface area contributed by atoms with Crippen molar-refractivity contribution in [3.8, 4) is 0 Å². The number of nitrogen functional groups attached to an aromatic ring is 1. The fourth-order valence-electron chi connectivity index (χ4n) is 1.25. The van der Waals surface area contributed by atoms with Crippen molar-refractivity contribution in [3.63, 3.8) is 0 Å². The predicted molar refractivity (Wildman–Crippen MR) is 53.2 cm³/mol. The van der Waals surface area contributed by atoms with E-state index in [0.29, 0.717) is 5.92 Å². The molecule has 0 bridgehead atoms. The van der Waals surface area contributed by atoms with Crippen molar-refractivity contribution in [2.45, 2.75) is 12.8 Å². The van der Waals surface area contributed by atoms with Crippen molar-refractivity contribution in [1.29, 1.82) is 0 Å². The standard InChI is InChI=1S/C10H16N2/c1-8(7-12-2)9-3-5-10(11)6-4-9/h3-6,8,12H,7,11H2,1-2H3. The summed E-state index contributed by atoms with van der Waals surface area (Å²) in [6, 6.07) is 8.05. The van der Waals surface area contributed by atoms with Crippen LogP contribution < -0.4 is 11.1 Å². The van der Waals surface area contributed by atoms with Crippen molar-refractivity contribution in [3.05, 3.63) is 29.8 Å². The summed E-state index contributed by atoms with van der Waals surface area (Å²) in [5, 5.41) is 3.15. The highest BCUT2D eigenvalue weighted by Gasteiger charge is 2.02. The Bertz CT molecular complexity index is 228. The van der Waals surface area contributed by atoms with Gasteiger partial charge in [-0.1, -0.05) is 19.1 Å². The normalized spacial score (nSPS) is 12.8. The van der Waals surface area contributed by atoms with Crippen LogP contribution in [0.5, 0.6) is 0 Å². The Balaban J connectivity index is 2.68. The zero-order chi connectivity index (χ0) is 8.97. The molecule has 0 heterocycles. The largest absolute Gasteiger partial charge is 0.399 e. The lowest BCUT2D eigenvalue weighted by molar-refractivity contribution is 0.678. The molecule has 0 saturated heterocycles. The lowest BCUT2D eigenvalue weighted by Gasteiger charge is -2.10. The Morgan fingerprint density at radius 3 is 2.42 bits per heavy atom. The van der Waals surface area contributed by atoms with E-state index in [1.807, 2.05) is 19.2 Å². The second-order valence-electron chi connectivity index (χ2n) is 3.13. The van der Waals surface area contributed by atoms with Gasteiger partial charge in [0, 0.05) is 12.2 Å². The Labute approximate surface area is 73.8 Å². The fraction of sp³-hybridized carbons (Fsp3) is 0.400. The summed E-state index contributed by atoms with van der Waals surface area (Å²) < 4.78 is 0. The predicted octanol–water partition coefficient (Wildman–Crippen LogP) is 1.59. The van der Waals surface area contributed by atoms with Gasteiger partial charge >= 0.3 is 0 Å². The number of hydrogen-bond acceptors (Lipinski definition) is 2. The molecule has 2 nitrogen and oxygen atoms in total. The van der Waals surface area contributed by atoms with Gasteiger partial charge in [-0.2, -0.15) is 0 Å². The molecule has 0 aliphatic heterocycles. The molecule has 2 heteroatoms. The second kappa shape index (κ2) is 4.12. The smallest absolute Gasteiger partial charge is 0.0314 e. The summed E-state index contributed by atoms with van der Waals surface area (Å²) in [4.78, 5) is 0. The third kappa shape index (κ3) is 2.24. The van der Waals surface area contributed by atoms with Gasteiger partial charge in [-0.3, -0.25) is 0 Å². The molecule has 0 radical (unpaired) electrons. The maximum atomic E-state index is 5.59. The van der Waals surface area contributed by atoms with Gasteiger partial charge in [-0.15, -0.1) is 0 Å². The monoisotopic (exact) mass is 164 g/mol. The van der Waals surface area contributed by atoms with Gasteiger partial charge in [-0.05, 0) is 30.7 Å². The summed E-state index contributed by atoms with van der Waals surface area (Å²) in [6.45, 7) is 3.20. The molecule has 3 N–H and O–H groups in total. The molecular weight excluding hydrogens is 148 g/mol. The van der Waals surface area contributed by atoms with Crippen molar-refractivity contribution in [2.24, 2.45) is 0 Å². The quantitative estimate of drug-likeness (QED) is 0.666. The summed E-state index contributed by atoms with van der Waals surface area (Å²) in [7, 11) is 1.97. The van der Waals surface area contributed by atoms with Crippen molar-refractivity contribution < 1.29 is 0 Å². The lowest BCUT2D eigenvalue weighted by Crippen LogP contribution is -2.14. The van der Waals surface area contributed by atoms with E-state index in [0.717, 1.165) is 12.2 Å². The van der Waals surface area contributed by atoms with Crippen LogP contribution in [0.25, 0.3) is 0 Å². The van der Waals surface area contributed by atoms with Gasteiger partial charge < -0.3 is 11.1 Å². The Kier molecular flexibility index (Phi) is 3.11. The fourth-order valence-corrected chi connectivity index (χ4v) is 1.25. The molecule has 0 amide bonds. The van der Waals surface area contributed by atoms with Crippen LogP contribution in [0.4, 0.5) is 5.69 Å². The van der Waals surface area contributed by atoms with E-state index >= 15 is 0 Å². The van der Waals surface area contributed by atoms with E-state index in [4.69, 9.17) is 5.73 Å². The Morgan fingerprint density at radius 1 is 1.33 bits per heavy atom. The van der Waals surface area contributed by atoms with Crippen LogP contribution in [0.15, 0.2) is 24.3 Å². The first kappa shape index (κ1) is 9.07. The van der Waals surface area contributed by atoms with Gasteiger partial charge in [0.05, 0.1) is 0 Å². The minimum atomic E-state index is 0.551. The second-order valence-corrected chi connectivity index (χ2v) is 3.13. The van der Waals surface area contributed by atoms with Gasteiger partial charge in [0.25, 0.3) is 0 Å². The SMILES string of the molecule is CNCC(C)c1ccc(N)cc1. The minimum absolute atomic E-state index is 0.551. The molecule has 0 spiro atoms. The highest BCUT2D eigenvalue weighted by molar-refractivity contribution is 5.40. The van der Waals surface area contributed by atoms with E-state index in [1.54, 1.807) is 0 Å². The van der Waals surface area contributed by atoms with Gasteiger partial charge in [0.2, 0.25) is 0 Å². The first-order valence-electron chi connectivity index (χ1n) is 4.24. The maximum Gasteiger partial charge on any atom is 0.0314 e. The summed E-state index contributed by atoms with van der Waals surface area (Å²) in [5.74, 6) is 0.551. The van der Waals surface area contributed by atoms with Crippen LogP contribution >= 0.6 is 0 Å². The molecule has 0 aliphatic rings.